The van der Waals surface area contributed by atoms with Crippen molar-refractivity contribution in [2.24, 2.45) is 5.73 Å². The third kappa shape index (κ3) is 4.27. The number of carbonyl (C=O) groups is 2. The first-order valence-electron chi connectivity index (χ1n) is 6.41. The van der Waals surface area contributed by atoms with Gasteiger partial charge in [0.25, 0.3) is 0 Å². The maximum absolute atomic E-state index is 12.2. The molecule has 1 heterocycles. The van der Waals surface area contributed by atoms with Crippen LogP contribution in [0, 0.1) is 0 Å². The molecular formula is C12H23N3O3. The highest BCUT2D eigenvalue weighted by atomic mass is 16.5. The summed E-state index contributed by atoms with van der Waals surface area (Å²) in [7, 11) is 1.64. The highest BCUT2D eigenvalue weighted by Crippen LogP contribution is 2.12. The first kappa shape index (κ1) is 14.9. The van der Waals surface area contributed by atoms with Crippen LogP contribution < -0.4 is 11.1 Å². The Hall–Kier alpha value is -1.14. The number of amides is 2. The molecule has 0 radical (unpaired) electrons. The summed E-state index contributed by atoms with van der Waals surface area (Å²) in [6, 6.07) is -0.258. The molecule has 0 bridgehead atoms. The Morgan fingerprint density at radius 1 is 1.50 bits per heavy atom. The van der Waals surface area contributed by atoms with Crippen molar-refractivity contribution in [1.82, 2.24) is 10.2 Å². The number of carbonyl (C=O) groups excluding carboxylic acids is 2. The van der Waals surface area contributed by atoms with Gasteiger partial charge in [0.15, 0.2) is 0 Å². The third-order valence-corrected chi connectivity index (χ3v) is 3.16. The molecule has 0 aromatic rings. The van der Waals surface area contributed by atoms with E-state index in [0.717, 1.165) is 12.8 Å². The summed E-state index contributed by atoms with van der Waals surface area (Å²) in [4.78, 5) is 24.8. The van der Waals surface area contributed by atoms with Gasteiger partial charge in [0, 0.05) is 20.2 Å². The molecule has 18 heavy (non-hydrogen) atoms. The highest BCUT2D eigenvalue weighted by molar-refractivity contribution is 5.87. The van der Waals surface area contributed by atoms with Gasteiger partial charge in [-0.15, -0.1) is 0 Å². The summed E-state index contributed by atoms with van der Waals surface area (Å²) in [6.45, 7) is 3.29. The molecule has 0 saturated carbocycles. The van der Waals surface area contributed by atoms with Crippen LogP contribution in [0.4, 0.5) is 0 Å². The van der Waals surface area contributed by atoms with Crippen molar-refractivity contribution in [2.45, 2.75) is 38.3 Å². The molecular weight excluding hydrogens is 234 g/mol. The first-order chi connectivity index (χ1) is 8.58. The van der Waals surface area contributed by atoms with Gasteiger partial charge in [-0.1, -0.05) is 13.3 Å². The Kier molecular flexibility index (Phi) is 6.07. The molecule has 3 N–H and O–H groups in total. The smallest absolute Gasteiger partial charge is 0.240 e. The van der Waals surface area contributed by atoms with Gasteiger partial charge in [-0.05, 0) is 12.8 Å². The molecule has 1 aliphatic rings. The standard InChI is InChI=1S/C12H23N3O3/c1-3-4-5-15(8-11(13)16)12(17)10-6-9(18-2)7-14-10/h9-10,14H,3-8H2,1-2H3,(H2,13,16). The molecule has 104 valence electrons. The number of hydrogen-bond donors (Lipinski definition) is 2. The Bertz CT molecular complexity index is 296. The summed E-state index contributed by atoms with van der Waals surface area (Å²) >= 11 is 0. The summed E-state index contributed by atoms with van der Waals surface area (Å²) in [5, 5.41) is 3.12. The molecule has 6 heteroatoms. The average molecular weight is 257 g/mol. The van der Waals surface area contributed by atoms with Gasteiger partial charge in [-0.3, -0.25) is 9.59 Å². The van der Waals surface area contributed by atoms with Crippen molar-refractivity contribution in [1.29, 1.82) is 0 Å². The van der Waals surface area contributed by atoms with Crippen molar-refractivity contribution in [2.75, 3.05) is 26.7 Å². The Morgan fingerprint density at radius 3 is 2.72 bits per heavy atom. The zero-order valence-electron chi connectivity index (χ0n) is 11.1. The number of ether oxygens (including phenoxy) is 1. The van der Waals surface area contributed by atoms with Crippen LogP contribution in [0.25, 0.3) is 0 Å². The maximum Gasteiger partial charge on any atom is 0.240 e. The molecule has 0 aromatic heterocycles. The maximum atomic E-state index is 12.2. The number of unbranched alkanes of at least 4 members (excludes halogenated alkanes) is 1. The average Bonchev–Trinajstić information content (AvgIpc) is 2.81. The topological polar surface area (TPSA) is 84.7 Å². The second-order valence-corrected chi connectivity index (χ2v) is 4.63. The quantitative estimate of drug-likeness (QED) is 0.642. The number of primary amides is 1. The summed E-state index contributed by atoms with van der Waals surface area (Å²) in [6.07, 6.45) is 2.57. The van der Waals surface area contributed by atoms with E-state index in [4.69, 9.17) is 10.5 Å². The number of nitrogens with one attached hydrogen (secondary N) is 1. The van der Waals surface area contributed by atoms with Gasteiger partial charge < -0.3 is 20.7 Å². The minimum Gasteiger partial charge on any atom is -0.380 e. The van der Waals surface area contributed by atoms with E-state index in [-0.39, 0.29) is 24.6 Å². The fraction of sp³-hybridized carbons (Fsp3) is 0.833. The zero-order chi connectivity index (χ0) is 13.5. The normalized spacial score (nSPS) is 23.0. The number of nitrogens with zero attached hydrogens (tertiary/aromatic N) is 1. The minimum atomic E-state index is -0.472. The molecule has 1 rings (SSSR count). The second-order valence-electron chi connectivity index (χ2n) is 4.63. The monoisotopic (exact) mass is 257 g/mol. The Balaban J connectivity index is 2.55. The summed E-state index contributed by atoms with van der Waals surface area (Å²) in [5.74, 6) is -0.525. The van der Waals surface area contributed by atoms with E-state index in [1.165, 1.54) is 0 Å². The van der Waals surface area contributed by atoms with Gasteiger partial charge in [-0.2, -0.15) is 0 Å². The molecule has 1 saturated heterocycles. The van der Waals surface area contributed by atoms with E-state index in [0.29, 0.717) is 19.5 Å². The Labute approximate surface area is 108 Å². The predicted octanol–water partition coefficient (Wildman–Crippen LogP) is -0.523. The fourth-order valence-electron chi connectivity index (χ4n) is 2.10. The van der Waals surface area contributed by atoms with Crippen molar-refractivity contribution >= 4 is 11.8 Å². The van der Waals surface area contributed by atoms with Crippen molar-refractivity contribution in [3.05, 3.63) is 0 Å². The molecule has 2 amide bonds. The van der Waals surface area contributed by atoms with Gasteiger partial charge in [-0.25, -0.2) is 0 Å². The first-order valence-corrected chi connectivity index (χ1v) is 6.41. The van der Waals surface area contributed by atoms with Crippen LogP contribution in [0.2, 0.25) is 0 Å². The lowest BCUT2D eigenvalue weighted by molar-refractivity contribution is -0.136. The molecule has 6 nitrogen and oxygen atoms in total. The van der Waals surface area contributed by atoms with Crippen LogP contribution >= 0.6 is 0 Å². The minimum absolute atomic E-state index is 0.00530. The molecule has 1 fully saturated rings. The highest BCUT2D eigenvalue weighted by Gasteiger charge is 2.32. The van der Waals surface area contributed by atoms with Crippen molar-refractivity contribution in [3.8, 4) is 0 Å². The van der Waals surface area contributed by atoms with Gasteiger partial charge in [0.2, 0.25) is 11.8 Å². The van der Waals surface area contributed by atoms with Crippen LogP contribution in [0.5, 0.6) is 0 Å². The van der Waals surface area contributed by atoms with Crippen LogP contribution in [-0.2, 0) is 14.3 Å². The largest absolute Gasteiger partial charge is 0.380 e. The second kappa shape index (κ2) is 7.33. The van der Waals surface area contributed by atoms with Crippen LogP contribution in [0.15, 0.2) is 0 Å². The number of hydrogen-bond acceptors (Lipinski definition) is 4. The lowest BCUT2D eigenvalue weighted by atomic mass is 10.1. The molecule has 2 atom stereocenters. The Morgan fingerprint density at radius 2 is 2.22 bits per heavy atom. The van der Waals surface area contributed by atoms with E-state index in [1.54, 1.807) is 12.0 Å². The van der Waals surface area contributed by atoms with E-state index in [2.05, 4.69) is 5.32 Å². The third-order valence-electron chi connectivity index (χ3n) is 3.16. The predicted molar refractivity (Wildman–Crippen MR) is 67.9 cm³/mol. The number of rotatable bonds is 7. The molecule has 0 aliphatic carbocycles. The zero-order valence-corrected chi connectivity index (χ0v) is 11.1. The van der Waals surface area contributed by atoms with Crippen LogP contribution in [0.1, 0.15) is 26.2 Å². The van der Waals surface area contributed by atoms with E-state index in [9.17, 15) is 9.59 Å². The van der Waals surface area contributed by atoms with E-state index in [1.807, 2.05) is 6.92 Å². The SMILES string of the molecule is CCCCN(CC(N)=O)C(=O)C1CC(OC)CN1. The van der Waals surface area contributed by atoms with Crippen LogP contribution in [-0.4, -0.2) is 55.6 Å². The number of methoxy groups -OCH3 is 1. The van der Waals surface area contributed by atoms with Gasteiger partial charge in [0.05, 0.1) is 18.7 Å². The lowest BCUT2D eigenvalue weighted by Crippen LogP contribution is -2.47. The molecule has 1 aliphatic heterocycles. The molecule has 0 aromatic carbocycles. The molecule has 2 unspecified atom stereocenters. The van der Waals surface area contributed by atoms with Crippen molar-refractivity contribution < 1.29 is 14.3 Å². The van der Waals surface area contributed by atoms with Gasteiger partial charge >= 0.3 is 0 Å². The summed E-state index contributed by atoms with van der Waals surface area (Å²) < 4.78 is 5.21. The van der Waals surface area contributed by atoms with Crippen molar-refractivity contribution in [3.63, 3.8) is 0 Å². The number of nitrogens with two attached hydrogens (primary N) is 1. The van der Waals surface area contributed by atoms with E-state index >= 15 is 0 Å². The lowest BCUT2D eigenvalue weighted by Gasteiger charge is -2.24. The molecule has 0 spiro atoms. The van der Waals surface area contributed by atoms with Gasteiger partial charge in [0.1, 0.15) is 0 Å². The fourth-order valence-corrected chi connectivity index (χ4v) is 2.10. The summed E-state index contributed by atoms with van der Waals surface area (Å²) in [5.41, 5.74) is 5.18. The van der Waals surface area contributed by atoms with E-state index < -0.39 is 5.91 Å². The van der Waals surface area contributed by atoms with Crippen LogP contribution in [0.3, 0.4) is 0 Å².